The van der Waals surface area contributed by atoms with Gasteiger partial charge in [-0.1, -0.05) is 145 Å². The van der Waals surface area contributed by atoms with Gasteiger partial charge in [-0.15, -0.1) is 0 Å². The van der Waals surface area contributed by atoms with Gasteiger partial charge in [-0.2, -0.15) is 0 Å². The number of nitrogens with two attached hydrogens (primary N) is 1. The topological polar surface area (TPSA) is 172 Å². The van der Waals surface area contributed by atoms with Crippen LogP contribution >= 0.6 is 7.82 Å². The molecule has 304 valence electrons. The lowest BCUT2D eigenvalue weighted by molar-refractivity contribution is -0.161. The van der Waals surface area contributed by atoms with Crippen LogP contribution in [-0.2, 0) is 37.5 Å². The number of aliphatic carboxylic acids is 1. The van der Waals surface area contributed by atoms with Gasteiger partial charge in [-0.25, -0.2) is 4.57 Å². The van der Waals surface area contributed by atoms with Gasteiger partial charge in [-0.3, -0.25) is 23.4 Å². The van der Waals surface area contributed by atoms with Crippen molar-refractivity contribution < 1.29 is 47.5 Å². The number of hydrogen-bond donors (Lipinski definition) is 3. The third kappa shape index (κ3) is 36.0. The number of allylic oxidation sites excluding steroid dienone is 10. The molecular weight excluding hydrogens is 697 g/mol. The van der Waals surface area contributed by atoms with E-state index in [2.05, 4.69) is 67.0 Å². The number of phosphoric acid groups is 1. The molecule has 0 amide bonds. The molecule has 0 aliphatic rings. The van der Waals surface area contributed by atoms with Crippen LogP contribution in [0.15, 0.2) is 60.8 Å². The van der Waals surface area contributed by atoms with Crippen molar-refractivity contribution in [3.8, 4) is 0 Å². The molecule has 4 N–H and O–H groups in total. The molecule has 0 saturated carbocycles. The van der Waals surface area contributed by atoms with E-state index in [1.165, 1.54) is 64.2 Å². The van der Waals surface area contributed by atoms with E-state index in [0.717, 1.165) is 44.9 Å². The number of esters is 2. The molecular formula is C41H70NO10P. The number of phosphoric ester groups is 1. The van der Waals surface area contributed by atoms with Crippen molar-refractivity contribution in [3.05, 3.63) is 60.8 Å². The van der Waals surface area contributed by atoms with E-state index in [1.807, 2.05) is 12.2 Å². The van der Waals surface area contributed by atoms with E-state index >= 15 is 0 Å². The summed E-state index contributed by atoms with van der Waals surface area (Å²) >= 11 is 0. The van der Waals surface area contributed by atoms with Gasteiger partial charge >= 0.3 is 25.7 Å². The lowest BCUT2D eigenvalue weighted by Gasteiger charge is -2.20. The maximum atomic E-state index is 12.5. The second kappa shape index (κ2) is 36.2. The molecule has 0 aromatic carbocycles. The van der Waals surface area contributed by atoms with E-state index in [1.54, 1.807) is 0 Å². The number of ether oxygens (including phenoxy) is 2. The summed E-state index contributed by atoms with van der Waals surface area (Å²) in [7, 11) is -4.73. The second-order valence-corrected chi connectivity index (χ2v) is 14.5. The first-order chi connectivity index (χ1) is 25.6. The lowest BCUT2D eigenvalue weighted by atomic mass is 10.1. The van der Waals surface area contributed by atoms with Crippen molar-refractivity contribution in [2.45, 2.75) is 161 Å². The molecule has 0 spiro atoms. The van der Waals surface area contributed by atoms with Gasteiger partial charge in [0.15, 0.2) is 6.10 Å². The zero-order valence-corrected chi connectivity index (χ0v) is 33.5. The number of carbonyl (C=O) groups excluding carboxylic acids is 2. The van der Waals surface area contributed by atoms with Crippen LogP contribution in [-0.4, -0.2) is 59.9 Å². The van der Waals surface area contributed by atoms with Gasteiger partial charge in [0.2, 0.25) is 0 Å². The van der Waals surface area contributed by atoms with Crippen LogP contribution in [0.3, 0.4) is 0 Å². The van der Waals surface area contributed by atoms with E-state index in [0.29, 0.717) is 12.8 Å². The Morgan fingerprint density at radius 1 is 0.585 bits per heavy atom. The highest BCUT2D eigenvalue weighted by Gasteiger charge is 2.28. The smallest absolute Gasteiger partial charge is 0.472 e. The number of carbonyl (C=O) groups is 3. The minimum absolute atomic E-state index is 0.0971. The Bertz CT molecular complexity index is 1130. The molecule has 0 saturated heterocycles. The molecule has 3 atom stereocenters. The van der Waals surface area contributed by atoms with Crippen molar-refractivity contribution in [2.24, 2.45) is 5.73 Å². The Kier molecular flexibility index (Phi) is 34.2. The molecule has 0 aromatic rings. The third-order valence-corrected chi connectivity index (χ3v) is 8.98. The van der Waals surface area contributed by atoms with Crippen LogP contribution in [0.4, 0.5) is 0 Å². The van der Waals surface area contributed by atoms with Crippen LogP contribution < -0.4 is 5.73 Å². The molecule has 0 rings (SSSR count). The summed E-state index contributed by atoms with van der Waals surface area (Å²) in [6.07, 6.45) is 40.3. The number of carboxylic acid groups (broad SMARTS) is 1. The molecule has 0 radical (unpaired) electrons. The van der Waals surface area contributed by atoms with Crippen LogP contribution in [0.5, 0.6) is 0 Å². The minimum Gasteiger partial charge on any atom is -0.480 e. The fraction of sp³-hybridized carbons (Fsp3) is 0.683. The molecule has 0 aliphatic heterocycles. The summed E-state index contributed by atoms with van der Waals surface area (Å²) in [5.74, 6) is -2.49. The van der Waals surface area contributed by atoms with Crippen molar-refractivity contribution in [2.75, 3.05) is 19.8 Å². The Hall–Kier alpha value is -2.82. The van der Waals surface area contributed by atoms with Gasteiger partial charge in [-0.05, 0) is 51.4 Å². The Balaban J connectivity index is 4.51. The molecule has 0 aromatic heterocycles. The highest BCUT2D eigenvalue weighted by atomic mass is 31.2. The molecule has 1 unspecified atom stereocenters. The highest BCUT2D eigenvalue weighted by molar-refractivity contribution is 7.47. The molecule has 11 nitrogen and oxygen atoms in total. The molecule has 53 heavy (non-hydrogen) atoms. The standard InChI is InChI=1S/C41H70NO10P/c1-3-5-7-9-11-13-15-16-17-18-19-20-21-22-23-25-26-28-30-32-39(43)49-34-37(35-50-53(47,48)51-36-38(42)41(45)46)52-40(44)33-31-29-27-24-14-12-10-8-6-4-2/h11,13,16-17,19-20,22-23,26,28,37-38H,3-10,12,14-15,18,21,24-25,27,29-36,42H2,1-2H3,(H,45,46)(H,47,48)/b13-11+,17-16+,20-19+,23-22+,28-26+/t37-,38+/m0/s1. The first kappa shape index (κ1) is 50.2. The highest BCUT2D eigenvalue weighted by Crippen LogP contribution is 2.43. The average Bonchev–Trinajstić information content (AvgIpc) is 3.13. The van der Waals surface area contributed by atoms with Crippen molar-refractivity contribution >= 4 is 25.7 Å². The fourth-order valence-corrected chi connectivity index (χ4v) is 5.65. The third-order valence-electron chi connectivity index (χ3n) is 8.03. The monoisotopic (exact) mass is 767 g/mol. The van der Waals surface area contributed by atoms with Crippen LogP contribution in [0, 0.1) is 0 Å². The van der Waals surface area contributed by atoms with Crippen molar-refractivity contribution in [1.29, 1.82) is 0 Å². The predicted molar refractivity (Wildman–Crippen MR) is 212 cm³/mol. The molecule has 0 heterocycles. The van der Waals surface area contributed by atoms with E-state index in [9.17, 15) is 23.8 Å². The number of unbranched alkanes of at least 4 members (excludes halogenated alkanes) is 12. The van der Waals surface area contributed by atoms with E-state index in [-0.39, 0.29) is 19.4 Å². The minimum atomic E-state index is -4.73. The SMILES string of the molecule is CCCCC/C=C/C/C=C/C/C=C/C/C=C/C/C=C/CCC(=O)OC[C@@H](COP(=O)(O)OC[C@@H](N)C(=O)O)OC(=O)CCCCCCCCCCCC. The van der Waals surface area contributed by atoms with E-state index < -0.39 is 51.1 Å². The van der Waals surface area contributed by atoms with Gasteiger partial charge in [0.05, 0.1) is 13.2 Å². The van der Waals surface area contributed by atoms with Gasteiger partial charge in [0.25, 0.3) is 0 Å². The lowest BCUT2D eigenvalue weighted by Crippen LogP contribution is -2.34. The van der Waals surface area contributed by atoms with Crippen molar-refractivity contribution in [3.63, 3.8) is 0 Å². The van der Waals surface area contributed by atoms with Gasteiger partial charge < -0.3 is 25.2 Å². The maximum absolute atomic E-state index is 12.5. The summed E-state index contributed by atoms with van der Waals surface area (Å²) in [4.78, 5) is 45.7. The summed E-state index contributed by atoms with van der Waals surface area (Å²) in [5.41, 5.74) is 5.31. The molecule has 0 aliphatic carbocycles. The quantitative estimate of drug-likeness (QED) is 0.0240. The fourth-order valence-electron chi connectivity index (χ4n) is 4.87. The summed E-state index contributed by atoms with van der Waals surface area (Å²) in [6, 6.07) is -1.53. The molecule has 0 fully saturated rings. The Labute approximate surface area is 319 Å². The molecule has 0 bridgehead atoms. The Morgan fingerprint density at radius 2 is 1.04 bits per heavy atom. The number of carboxylic acids is 1. The van der Waals surface area contributed by atoms with E-state index in [4.69, 9.17) is 24.8 Å². The zero-order chi connectivity index (χ0) is 39.3. The predicted octanol–water partition coefficient (Wildman–Crippen LogP) is 10.00. The largest absolute Gasteiger partial charge is 0.480 e. The Morgan fingerprint density at radius 3 is 1.57 bits per heavy atom. The first-order valence-corrected chi connectivity index (χ1v) is 21.3. The summed E-state index contributed by atoms with van der Waals surface area (Å²) < 4.78 is 32.5. The normalized spacial score (nSPS) is 14.5. The molecule has 12 heteroatoms. The summed E-state index contributed by atoms with van der Waals surface area (Å²) in [6.45, 7) is 2.65. The second-order valence-electron chi connectivity index (χ2n) is 13.1. The van der Waals surface area contributed by atoms with Crippen LogP contribution in [0.1, 0.15) is 149 Å². The first-order valence-electron chi connectivity index (χ1n) is 19.8. The van der Waals surface area contributed by atoms with Crippen LogP contribution in [0.25, 0.3) is 0 Å². The van der Waals surface area contributed by atoms with Crippen molar-refractivity contribution in [1.82, 2.24) is 0 Å². The average molecular weight is 768 g/mol. The zero-order valence-electron chi connectivity index (χ0n) is 32.6. The maximum Gasteiger partial charge on any atom is 0.472 e. The van der Waals surface area contributed by atoms with Crippen LogP contribution in [0.2, 0.25) is 0 Å². The summed E-state index contributed by atoms with van der Waals surface area (Å²) in [5, 5.41) is 8.85. The number of hydrogen-bond acceptors (Lipinski definition) is 9. The van der Waals surface area contributed by atoms with Gasteiger partial charge in [0, 0.05) is 12.8 Å². The number of rotatable bonds is 36. The van der Waals surface area contributed by atoms with Gasteiger partial charge in [0.1, 0.15) is 12.6 Å².